The smallest absolute Gasteiger partial charge is 0.190 e. The molecule has 3 rings (SSSR count). The third-order valence-corrected chi connectivity index (χ3v) is 5.27. The molecule has 2 heterocycles. The van der Waals surface area contributed by atoms with E-state index in [1.165, 1.54) is 6.42 Å². The molecule has 0 aromatic carbocycles. The van der Waals surface area contributed by atoms with Gasteiger partial charge in [0.15, 0.2) is 18.4 Å². The van der Waals surface area contributed by atoms with Crippen LogP contribution in [0.25, 0.3) is 0 Å². The van der Waals surface area contributed by atoms with Crippen LogP contribution in [-0.4, -0.2) is 66.2 Å². The van der Waals surface area contributed by atoms with Gasteiger partial charge in [-0.1, -0.05) is 19.8 Å². The minimum Gasteiger partial charge on any atom is -0.394 e. The van der Waals surface area contributed by atoms with Crippen molar-refractivity contribution in [2.45, 2.75) is 102 Å². The lowest BCUT2D eigenvalue weighted by Gasteiger charge is -2.35. The molecule has 2 saturated heterocycles. The van der Waals surface area contributed by atoms with Gasteiger partial charge in [-0.15, -0.1) is 0 Å². The molecule has 2 N–H and O–H groups in total. The molecule has 3 fully saturated rings. The molecule has 0 bridgehead atoms. The van der Waals surface area contributed by atoms with Crippen LogP contribution in [0.5, 0.6) is 0 Å². The molecular weight excluding hydrogens is 328 g/mol. The molecule has 6 atom stereocenters. The summed E-state index contributed by atoms with van der Waals surface area (Å²) in [6.45, 7) is 4.15. The van der Waals surface area contributed by atoms with Crippen molar-refractivity contribution >= 4 is 0 Å². The molecule has 0 aromatic rings. The SMILES string of the molecule is CCCCOC(C)O[C@@H]1[C@H]2OC3(CCCCC3)O[C@H]2O[C@@H]1[C@@H](O)CO. The Morgan fingerprint density at radius 2 is 1.96 bits per heavy atom. The van der Waals surface area contributed by atoms with Crippen LogP contribution in [0, 0.1) is 0 Å². The number of ether oxygens (including phenoxy) is 5. The fourth-order valence-electron chi connectivity index (χ4n) is 3.91. The number of fused-ring (bicyclic) bond motifs is 1. The van der Waals surface area contributed by atoms with Crippen molar-refractivity contribution in [1.82, 2.24) is 0 Å². The molecular formula is C18H32O7. The quantitative estimate of drug-likeness (QED) is 0.503. The van der Waals surface area contributed by atoms with Gasteiger partial charge in [0.1, 0.15) is 24.4 Å². The highest BCUT2D eigenvalue weighted by Gasteiger charge is 2.59. The Balaban J connectivity index is 1.65. The van der Waals surface area contributed by atoms with Crippen molar-refractivity contribution in [3.8, 4) is 0 Å². The van der Waals surface area contributed by atoms with Crippen molar-refractivity contribution < 1.29 is 33.9 Å². The molecule has 1 aliphatic carbocycles. The zero-order chi connectivity index (χ0) is 17.9. The van der Waals surface area contributed by atoms with Gasteiger partial charge in [0.25, 0.3) is 0 Å². The van der Waals surface area contributed by atoms with Crippen LogP contribution in [0.2, 0.25) is 0 Å². The lowest BCUT2D eigenvalue weighted by molar-refractivity contribution is -0.269. The fourth-order valence-corrected chi connectivity index (χ4v) is 3.91. The van der Waals surface area contributed by atoms with Crippen molar-refractivity contribution in [2.75, 3.05) is 13.2 Å². The molecule has 1 saturated carbocycles. The first-order valence-electron chi connectivity index (χ1n) is 9.65. The van der Waals surface area contributed by atoms with Gasteiger partial charge >= 0.3 is 0 Å². The van der Waals surface area contributed by atoms with E-state index in [2.05, 4.69) is 6.92 Å². The third kappa shape index (κ3) is 4.35. The second-order valence-electron chi connectivity index (χ2n) is 7.28. The van der Waals surface area contributed by atoms with Gasteiger partial charge in [0.05, 0.1) is 6.61 Å². The highest BCUT2D eigenvalue weighted by Crippen LogP contribution is 2.46. The van der Waals surface area contributed by atoms with Gasteiger partial charge in [-0.2, -0.15) is 0 Å². The summed E-state index contributed by atoms with van der Waals surface area (Å²) in [6.07, 6.45) is 3.35. The summed E-state index contributed by atoms with van der Waals surface area (Å²) >= 11 is 0. The normalized spacial score (nSPS) is 36.5. The second-order valence-corrected chi connectivity index (χ2v) is 7.28. The Bertz CT molecular complexity index is 412. The zero-order valence-corrected chi connectivity index (χ0v) is 15.3. The number of unbranched alkanes of at least 4 members (excludes halogenated alkanes) is 1. The van der Waals surface area contributed by atoms with E-state index in [0.29, 0.717) is 6.61 Å². The standard InChI is InChI=1S/C18H32O7/c1-3-4-10-21-12(2)22-15-14(13(20)11-19)23-17-16(15)24-18(25-17)8-6-5-7-9-18/h12-17,19-20H,3-11H2,1-2H3/t12?,13-,14+,15-,16+,17+/m0/s1. The molecule has 7 nitrogen and oxygen atoms in total. The number of aliphatic hydroxyl groups excluding tert-OH is 2. The first-order valence-corrected chi connectivity index (χ1v) is 9.65. The molecule has 0 amide bonds. The highest BCUT2D eigenvalue weighted by atomic mass is 16.8. The van der Waals surface area contributed by atoms with Crippen LogP contribution in [-0.2, 0) is 23.7 Å². The molecule has 0 aromatic heterocycles. The summed E-state index contributed by atoms with van der Waals surface area (Å²) in [5, 5.41) is 19.4. The monoisotopic (exact) mass is 360 g/mol. The van der Waals surface area contributed by atoms with E-state index in [0.717, 1.165) is 38.5 Å². The summed E-state index contributed by atoms with van der Waals surface area (Å²) < 4.78 is 29.9. The van der Waals surface area contributed by atoms with E-state index >= 15 is 0 Å². The lowest BCUT2D eigenvalue weighted by Crippen LogP contribution is -2.46. The molecule has 1 unspecified atom stereocenters. The van der Waals surface area contributed by atoms with Crippen LogP contribution in [0.1, 0.15) is 58.8 Å². The average molecular weight is 360 g/mol. The molecule has 0 radical (unpaired) electrons. The van der Waals surface area contributed by atoms with Crippen molar-refractivity contribution in [1.29, 1.82) is 0 Å². The minimum absolute atomic E-state index is 0.403. The molecule has 25 heavy (non-hydrogen) atoms. The maximum atomic E-state index is 10.1. The molecule has 2 aliphatic heterocycles. The third-order valence-electron chi connectivity index (χ3n) is 5.27. The van der Waals surface area contributed by atoms with Crippen molar-refractivity contribution in [3.05, 3.63) is 0 Å². The molecule has 1 spiro atoms. The van der Waals surface area contributed by atoms with Crippen molar-refractivity contribution in [3.63, 3.8) is 0 Å². The Kier molecular flexibility index (Phi) is 6.71. The first kappa shape index (κ1) is 19.5. The fraction of sp³-hybridized carbons (Fsp3) is 1.00. The summed E-state index contributed by atoms with van der Waals surface area (Å²) in [7, 11) is 0. The van der Waals surface area contributed by atoms with Gasteiger partial charge < -0.3 is 33.9 Å². The van der Waals surface area contributed by atoms with Crippen LogP contribution >= 0.6 is 0 Å². The lowest BCUT2D eigenvalue weighted by atomic mass is 9.94. The van der Waals surface area contributed by atoms with Crippen LogP contribution in [0.3, 0.4) is 0 Å². The predicted octanol–water partition coefficient (Wildman–Crippen LogP) is 1.69. The van der Waals surface area contributed by atoms with Gasteiger partial charge in [0.2, 0.25) is 0 Å². The van der Waals surface area contributed by atoms with Gasteiger partial charge in [-0.25, -0.2) is 0 Å². The van der Waals surface area contributed by atoms with Gasteiger partial charge in [0, 0.05) is 19.4 Å². The number of rotatable bonds is 8. The maximum Gasteiger partial charge on any atom is 0.190 e. The Hall–Kier alpha value is -0.280. The number of hydrogen-bond donors (Lipinski definition) is 2. The Morgan fingerprint density at radius 3 is 2.64 bits per heavy atom. The summed E-state index contributed by atoms with van der Waals surface area (Å²) in [5.74, 6) is -0.587. The molecule has 146 valence electrons. The van der Waals surface area contributed by atoms with Gasteiger partial charge in [-0.05, 0) is 26.2 Å². The van der Waals surface area contributed by atoms with Crippen LogP contribution in [0.15, 0.2) is 0 Å². The van der Waals surface area contributed by atoms with E-state index < -0.39 is 49.4 Å². The van der Waals surface area contributed by atoms with Gasteiger partial charge in [-0.3, -0.25) is 0 Å². The Morgan fingerprint density at radius 1 is 1.20 bits per heavy atom. The second kappa shape index (κ2) is 8.61. The highest BCUT2D eigenvalue weighted by molar-refractivity contribution is 4.99. The number of hydrogen-bond acceptors (Lipinski definition) is 7. The average Bonchev–Trinajstić information content (AvgIpc) is 3.10. The maximum absolute atomic E-state index is 10.1. The minimum atomic E-state index is -1.05. The van der Waals surface area contributed by atoms with E-state index in [1.807, 2.05) is 6.92 Å². The predicted molar refractivity (Wildman–Crippen MR) is 88.7 cm³/mol. The summed E-state index contributed by atoms with van der Waals surface area (Å²) in [5.41, 5.74) is 0. The largest absolute Gasteiger partial charge is 0.394 e. The van der Waals surface area contributed by atoms with E-state index in [1.54, 1.807) is 0 Å². The van der Waals surface area contributed by atoms with E-state index in [9.17, 15) is 10.2 Å². The van der Waals surface area contributed by atoms with Crippen molar-refractivity contribution in [2.24, 2.45) is 0 Å². The summed E-state index contributed by atoms with van der Waals surface area (Å²) in [4.78, 5) is 0. The van der Waals surface area contributed by atoms with E-state index in [4.69, 9.17) is 23.7 Å². The summed E-state index contributed by atoms with van der Waals surface area (Å²) in [6, 6.07) is 0. The van der Waals surface area contributed by atoms with Crippen LogP contribution < -0.4 is 0 Å². The number of aliphatic hydroxyl groups is 2. The molecule has 3 aliphatic rings. The zero-order valence-electron chi connectivity index (χ0n) is 15.3. The van der Waals surface area contributed by atoms with E-state index in [-0.39, 0.29) is 0 Å². The first-order chi connectivity index (χ1) is 12.1. The Labute approximate surface area is 149 Å². The topological polar surface area (TPSA) is 86.6 Å². The van der Waals surface area contributed by atoms with Crippen LogP contribution in [0.4, 0.5) is 0 Å². The molecule has 7 heteroatoms.